The van der Waals surface area contributed by atoms with Crippen molar-refractivity contribution in [2.45, 2.75) is 94.3 Å². The third kappa shape index (κ3) is 11.7. The molecule has 49 heavy (non-hydrogen) atoms. The van der Waals surface area contributed by atoms with Crippen molar-refractivity contribution < 1.29 is 60.3 Å². The van der Waals surface area contributed by atoms with Gasteiger partial charge in [0, 0.05) is 6.54 Å². The Bertz CT molecular complexity index is 1310. The normalized spacial score (nSPS) is 16.9. The molecule has 0 saturated carbocycles. The van der Waals surface area contributed by atoms with E-state index in [9.17, 15) is 60.3 Å². The number of alkyl halides is 6. The Morgan fingerprint density at radius 1 is 0.837 bits per heavy atom. The third-order valence-corrected chi connectivity index (χ3v) is 7.86. The number of hydrogen-bond acceptors (Lipinski definition) is 11. The number of rotatable bonds is 20. The summed E-state index contributed by atoms with van der Waals surface area (Å²) in [7, 11) is 0. The minimum Gasteiger partial charge on any atom is -0.330 e. The number of hydrazine groups is 1. The molecule has 274 valence electrons. The number of unbranched alkanes of at least 4 members (excludes halogenated alkanes) is 2. The van der Waals surface area contributed by atoms with Gasteiger partial charge in [-0.05, 0) is 70.0 Å². The van der Waals surface area contributed by atoms with Gasteiger partial charge in [0.25, 0.3) is 5.91 Å². The highest BCUT2D eigenvalue weighted by Gasteiger charge is 2.51. The van der Waals surface area contributed by atoms with Gasteiger partial charge in [0.15, 0.2) is 0 Å². The standard InChI is InChI=1S/C30H40F6N6O7/c31-29(32,33)25(45)23(43)19(11-4-6-14-37)39-42(21(12-5-7-15-38)24(44)26(46)30(34,35)36)28(48)22-13-8-16-41(22)27(47)20(40-49)17-18-9-2-1-3-10-18/h1-3,9-10,19-22,39-40,49H,4-8,11-17,37-38H2/t19-,20-,21-,22-/m0/s1. The van der Waals surface area contributed by atoms with Crippen molar-refractivity contribution in [3.8, 4) is 0 Å². The van der Waals surface area contributed by atoms with Crippen LogP contribution in [0.2, 0.25) is 0 Å². The van der Waals surface area contributed by atoms with Gasteiger partial charge in [0.2, 0.25) is 17.5 Å². The van der Waals surface area contributed by atoms with E-state index in [0.29, 0.717) is 5.56 Å². The Hall–Kier alpha value is -3.78. The molecule has 13 nitrogen and oxygen atoms in total. The summed E-state index contributed by atoms with van der Waals surface area (Å²) in [6.07, 6.45) is -12.8. The van der Waals surface area contributed by atoms with Crippen molar-refractivity contribution in [3.05, 3.63) is 35.9 Å². The molecule has 0 aliphatic carbocycles. The van der Waals surface area contributed by atoms with Gasteiger partial charge in [-0.1, -0.05) is 36.8 Å². The van der Waals surface area contributed by atoms with Gasteiger partial charge in [-0.3, -0.25) is 33.8 Å². The Labute approximate surface area is 277 Å². The number of hydrogen-bond donors (Lipinski definition) is 5. The number of nitrogens with zero attached hydrogens (tertiary/aromatic N) is 2. The second-order valence-electron chi connectivity index (χ2n) is 11.4. The smallest absolute Gasteiger partial charge is 0.330 e. The molecule has 19 heteroatoms. The van der Waals surface area contributed by atoms with Crippen molar-refractivity contribution in [3.63, 3.8) is 0 Å². The highest BCUT2D eigenvalue weighted by atomic mass is 19.4. The number of hydroxylamine groups is 1. The molecular weight excluding hydrogens is 670 g/mol. The molecule has 0 unspecified atom stereocenters. The van der Waals surface area contributed by atoms with E-state index in [4.69, 9.17) is 11.5 Å². The second kappa shape index (κ2) is 18.8. The molecule has 1 aliphatic heterocycles. The van der Waals surface area contributed by atoms with Crippen molar-refractivity contribution in [1.82, 2.24) is 20.8 Å². The van der Waals surface area contributed by atoms with Gasteiger partial charge in [0.05, 0.1) is 6.04 Å². The van der Waals surface area contributed by atoms with E-state index in [-0.39, 0.29) is 69.6 Å². The summed E-state index contributed by atoms with van der Waals surface area (Å²) in [6, 6.07) is 0.881. The molecule has 1 aliphatic rings. The lowest BCUT2D eigenvalue weighted by atomic mass is 9.98. The first-order valence-electron chi connectivity index (χ1n) is 15.5. The number of carbonyl (C=O) groups is 6. The van der Waals surface area contributed by atoms with Crippen LogP contribution in [0.4, 0.5) is 26.3 Å². The van der Waals surface area contributed by atoms with Crippen LogP contribution in [0.25, 0.3) is 0 Å². The number of halogens is 6. The molecule has 7 N–H and O–H groups in total. The number of Topliss-reactive ketones (excluding diaryl/α,β-unsaturated/α-hetero) is 4. The van der Waals surface area contributed by atoms with Crippen LogP contribution < -0.4 is 22.4 Å². The predicted octanol–water partition coefficient (Wildman–Crippen LogP) is 1.30. The molecule has 0 aromatic heterocycles. The number of amides is 2. The molecule has 1 aromatic rings. The average molecular weight is 711 g/mol. The van der Waals surface area contributed by atoms with Gasteiger partial charge in [-0.15, -0.1) is 0 Å². The molecule has 1 fully saturated rings. The fourth-order valence-corrected chi connectivity index (χ4v) is 5.36. The van der Waals surface area contributed by atoms with Gasteiger partial charge in [-0.2, -0.15) is 31.8 Å². The maximum atomic E-state index is 14.2. The SMILES string of the molecule is NCCCC[C@H](NN(C(=O)[C@@H]1CCCN1C(=O)[C@H](Cc1ccccc1)NO)[C@@H](CCCCN)C(=O)C(=O)C(F)(F)F)C(=O)C(=O)C(F)(F)F. The molecule has 2 rings (SSSR count). The average Bonchev–Trinajstić information content (AvgIpc) is 3.55. The van der Waals surface area contributed by atoms with Crippen molar-refractivity contribution in [2.24, 2.45) is 11.5 Å². The summed E-state index contributed by atoms with van der Waals surface area (Å²) in [6.45, 7) is -0.147. The number of likely N-dealkylation sites (tertiary alicyclic amines) is 1. The van der Waals surface area contributed by atoms with E-state index in [0.717, 1.165) is 4.90 Å². The molecule has 1 saturated heterocycles. The Morgan fingerprint density at radius 3 is 1.92 bits per heavy atom. The highest BCUT2D eigenvalue weighted by Crippen LogP contribution is 2.26. The van der Waals surface area contributed by atoms with E-state index in [1.165, 1.54) is 0 Å². The van der Waals surface area contributed by atoms with E-state index in [1.807, 2.05) is 5.48 Å². The lowest BCUT2D eigenvalue weighted by molar-refractivity contribution is -0.178. The molecule has 0 spiro atoms. The molecule has 0 radical (unpaired) electrons. The van der Waals surface area contributed by atoms with E-state index in [1.54, 1.807) is 30.3 Å². The fraction of sp³-hybridized carbons (Fsp3) is 0.600. The number of nitrogens with one attached hydrogen (secondary N) is 2. The first-order chi connectivity index (χ1) is 23.0. The first-order valence-corrected chi connectivity index (χ1v) is 15.5. The molecule has 2 amide bonds. The Morgan fingerprint density at radius 2 is 1.39 bits per heavy atom. The Kier molecular flexibility index (Phi) is 15.9. The van der Waals surface area contributed by atoms with E-state index < -0.39 is 84.3 Å². The predicted molar refractivity (Wildman–Crippen MR) is 159 cm³/mol. The quantitative estimate of drug-likeness (QED) is 0.0565. The number of benzene rings is 1. The van der Waals surface area contributed by atoms with Gasteiger partial charge in [0.1, 0.15) is 18.1 Å². The number of carbonyl (C=O) groups excluding carboxylic acids is 6. The van der Waals surface area contributed by atoms with Crippen molar-refractivity contribution >= 4 is 34.9 Å². The van der Waals surface area contributed by atoms with Crippen LogP contribution in [-0.2, 0) is 35.2 Å². The van der Waals surface area contributed by atoms with Crippen LogP contribution >= 0.6 is 0 Å². The number of nitrogens with two attached hydrogens (primary N) is 2. The topological polar surface area (TPSA) is 205 Å². The summed E-state index contributed by atoms with van der Waals surface area (Å²) >= 11 is 0. The van der Waals surface area contributed by atoms with Crippen LogP contribution in [0.3, 0.4) is 0 Å². The largest absolute Gasteiger partial charge is 0.458 e. The van der Waals surface area contributed by atoms with E-state index >= 15 is 0 Å². The molecule has 0 bridgehead atoms. The fourth-order valence-electron chi connectivity index (χ4n) is 5.36. The summed E-state index contributed by atoms with van der Waals surface area (Å²) in [5.41, 5.74) is 15.5. The summed E-state index contributed by atoms with van der Waals surface area (Å²) in [5.74, 6) is -12.2. The van der Waals surface area contributed by atoms with Crippen LogP contribution in [0.1, 0.15) is 56.9 Å². The first kappa shape index (κ1) is 41.4. The lowest BCUT2D eigenvalue weighted by Gasteiger charge is -2.37. The summed E-state index contributed by atoms with van der Waals surface area (Å²) < 4.78 is 80.4. The van der Waals surface area contributed by atoms with Crippen LogP contribution in [0, 0.1) is 0 Å². The molecular formula is C30H40F6N6O7. The minimum atomic E-state index is -5.71. The highest BCUT2D eigenvalue weighted by molar-refractivity contribution is 6.42. The maximum absolute atomic E-state index is 14.2. The van der Waals surface area contributed by atoms with Crippen LogP contribution in [0.15, 0.2) is 30.3 Å². The summed E-state index contributed by atoms with van der Waals surface area (Å²) in [4.78, 5) is 78.9. The van der Waals surface area contributed by atoms with Crippen LogP contribution in [0.5, 0.6) is 0 Å². The van der Waals surface area contributed by atoms with Gasteiger partial charge >= 0.3 is 23.9 Å². The minimum absolute atomic E-state index is 0.000751. The zero-order valence-corrected chi connectivity index (χ0v) is 26.4. The monoisotopic (exact) mass is 710 g/mol. The van der Waals surface area contributed by atoms with Crippen molar-refractivity contribution in [2.75, 3.05) is 19.6 Å². The number of ketones is 4. The third-order valence-electron chi connectivity index (χ3n) is 7.86. The summed E-state index contributed by atoms with van der Waals surface area (Å²) in [5, 5.41) is 9.97. The van der Waals surface area contributed by atoms with E-state index in [2.05, 4.69) is 5.43 Å². The van der Waals surface area contributed by atoms with Gasteiger partial charge in [-0.25, -0.2) is 5.43 Å². The second-order valence-corrected chi connectivity index (χ2v) is 11.4. The van der Waals surface area contributed by atoms with Gasteiger partial charge < -0.3 is 21.6 Å². The zero-order valence-electron chi connectivity index (χ0n) is 26.4. The lowest BCUT2D eigenvalue weighted by Crippen LogP contribution is -2.64. The zero-order chi connectivity index (χ0) is 36.9. The maximum Gasteiger partial charge on any atom is 0.458 e. The molecule has 1 aromatic carbocycles. The van der Waals surface area contributed by atoms with Crippen molar-refractivity contribution in [1.29, 1.82) is 0 Å². The molecule has 1 heterocycles. The molecule has 4 atom stereocenters. The Balaban J connectivity index is 2.63. The van der Waals surface area contributed by atoms with Crippen LogP contribution in [-0.4, -0.2) is 106 Å².